The predicted molar refractivity (Wildman–Crippen MR) is 75.4 cm³/mol. The largest absolute Gasteiger partial charge is 0.416 e. The van der Waals surface area contributed by atoms with E-state index in [0.29, 0.717) is 11.8 Å². The Morgan fingerprint density at radius 1 is 0.895 bits per heavy atom. The van der Waals surface area contributed by atoms with E-state index < -0.39 is 0 Å². The molecule has 0 aliphatic carbocycles. The van der Waals surface area contributed by atoms with Gasteiger partial charge in [0, 0.05) is 21.9 Å². The van der Waals surface area contributed by atoms with Crippen molar-refractivity contribution < 1.29 is 4.42 Å². The third-order valence-electron chi connectivity index (χ3n) is 2.67. The van der Waals surface area contributed by atoms with Gasteiger partial charge < -0.3 is 4.42 Å². The Balaban J connectivity index is 1.95. The SMILES string of the molecule is Cc1ccc(-c2nnc(-c3ccc(Br)cc3)o2)cn1. The Hall–Kier alpha value is -2.01. The molecular weight excluding hydrogens is 306 g/mol. The highest BCUT2D eigenvalue weighted by Crippen LogP contribution is 2.24. The van der Waals surface area contributed by atoms with Gasteiger partial charge in [0.2, 0.25) is 11.8 Å². The first-order valence-corrected chi connectivity index (χ1v) is 6.54. The molecule has 0 unspecified atom stereocenters. The van der Waals surface area contributed by atoms with Gasteiger partial charge in [-0.25, -0.2) is 0 Å². The second-order valence-corrected chi connectivity index (χ2v) is 5.02. The summed E-state index contributed by atoms with van der Waals surface area (Å²) in [6.07, 6.45) is 1.73. The molecule has 0 saturated carbocycles. The van der Waals surface area contributed by atoms with Crippen LogP contribution in [0.4, 0.5) is 0 Å². The highest BCUT2D eigenvalue weighted by molar-refractivity contribution is 9.10. The summed E-state index contributed by atoms with van der Waals surface area (Å²) in [6, 6.07) is 11.6. The van der Waals surface area contributed by atoms with Crippen LogP contribution >= 0.6 is 15.9 Å². The number of hydrogen-bond donors (Lipinski definition) is 0. The number of halogens is 1. The lowest BCUT2D eigenvalue weighted by atomic mass is 10.2. The fourth-order valence-corrected chi connectivity index (χ4v) is 1.91. The van der Waals surface area contributed by atoms with Crippen molar-refractivity contribution in [1.82, 2.24) is 15.2 Å². The van der Waals surface area contributed by atoms with Gasteiger partial charge in [-0.1, -0.05) is 15.9 Å². The molecule has 0 fully saturated rings. The average Bonchev–Trinajstić information content (AvgIpc) is 2.90. The summed E-state index contributed by atoms with van der Waals surface area (Å²) in [5.41, 5.74) is 2.67. The number of nitrogens with zero attached hydrogens (tertiary/aromatic N) is 3. The molecule has 0 spiro atoms. The highest BCUT2D eigenvalue weighted by atomic mass is 79.9. The molecule has 0 aliphatic rings. The Labute approximate surface area is 118 Å². The number of benzene rings is 1. The van der Waals surface area contributed by atoms with Crippen LogP contribution in [0.3, 0.4) is 0 Å². The third kappa shape index (κ3) is 2.56. The van der Waals surface area contributed by atoms with E-state index >= 15 is 0 Å². The number of aryl methyl sites for hydroxylation is 1. The van der Waals surface area contributed by atoms with Crippen molar-refractivity contribution in [2.24, 2.45) is 0 Å². The van der Waals surface area contributed by atoms with Gasteiger partial charge in [0.05, 0.1) is 5.56 Å². The van der Waals surface area contributed by atoms with Crippen molar-refractivity contribution in [1.29, 1.82) is 0 Å². The lowest BCUT2D eigenvalue weighted by molar-refractivity contribution is 0.584. The standard InChI is InChI=1S/C14H10BrN3O/c1-9-2-3-11(8-16-9)14-18-17-13(19-14)10-4-6-12(15)7-5-10/h2-8H,1H3. The van der Waals surface area contributed by atoms with E-state index in [4.69, 9.17) is 4.42 Å². The van der Waals surface area contributed by atoms with Crippen molar-refractivity contribution in [3.05, 3.63) is 52.8 Å². The smallest absolute Gasteiger partial charge is 0.249 e. The van der Waals surface area contributed by atoms with Gasteiger partial charge in [0.1, 0.15) is 0 Å². The van der Waals surface area contributed by atoms with Crippen LogP contribution in [-0.2, 0) is 0 Å². The van der Waals surface area contributed by atoms with Gasteiger partial charge in [-0.05, 0) is 43.3 Å². The molecular formula is C14H10BrN3O. The summed E-state index contributed by atoms with van der Waals surface area (Å²) in [7, 11) is 0. The third-order valence-corrected chi connectivity index (χ3v) is 3.20. The van der Waals surface area contributed by atoms with E-state index in [1.807, 2.05) is 43.3 Å². The Morgan fingerprint density at radius 3 is 2.16 bits per heavy atom. The summed E-state index contributed by atoms with van der Waals surface area (Å²) in [6.45, 7) is 1.94. The van der Waals surface area contributed by atoms with Crippen molar-refractivity contribution in [3.63, 3.8) is 0 Å². The van der Waals surface area contributed by atoms with Crippen LogP contribution < -0.4 is 0 Å². The molecule has 2 aromatic heterocycles. The molecule has 5 heteroatoms. The molecule has 3 aromatic rings. The zero-order chi connectivity index (χ0) is 13.2. The molecule has 3 rings (SSSR count). The monoisotopic (exact) mass is 315 g/mol. The fourth-order valence-electron chi connectivity index (χ4n) is 1.64. The maximum Gasteiger partial charge on any atom is 0.249 e. The molecule has 0 bridgehead atoms. The lowest BCUT2D eigenvalue weighted by Gasteiger charge is -1.96. The molecule has 94 valence electrons. The van der Waals surface area contributed by atoms with E-state index in [1.54, 1.807) is 6.20 Å². The summed E-state index contributed by atoms with van der Waals surface area (Å²) in [5.74, 6) is 0.980. The topological polar surface area (TPSA) is 51.8 Å². The minimum absolute atomic E-state index is 0.477. The minimum Gasteiger partial charge on any atom is -0.416 e. The number of rotatable bonds is 2. The van der Waals surface area contributed by atoms with Crippen LogP contribution in [-0.4, -0.2) is 15.2 Å². The van der Waals surface area contributed by atoms with Crippen LogP contribution in [0.2, 0.25) is 0 Å². The van der Waals surface area contributed by atoms with Gasteiger partial charge in [-0.3, -0.25) is 4.98 Å². The summed E-state index contributed by atoms with van der Waals surface area (Å²) in [5, 5.41) is 8.10. The van der Waals surface area contributed by atoms with Crippen LogP contribution in [0.5, 0.6) is 0 Å². The molecule has 2 heterocycles. The van der Waals surface area contributed by atoms with Crippen LogP contribution in [0.15, 0.2) is 51.5 Å². The normalized spacial score (nSPS) is 10.6. The summed E-state index contributed by atoms with van der Waals surface area (Å²) >= 11 is 3.39. The molecule has 0 aliphatic heterocycles. The number of hydrogen-bond acceptors (Lipinski definition) is 4. The van der Waals surface area contributed by atoms with Gasteiger partial charge >= 0.3 is 0 Å². The zero-order valence-corrected chi connectivity index (χ0v) is 11.8. The van der Waals surface area contributed by atoms with E-state index in [-0.39, 0.29) is 0 Å². The van der Waals surface area contributed by atoms with Crippen molar-refractivity contribution in [2.45, 2.75) is 6.92 Å². The van der Waals surface area contributed by atoms with E-state index in [2.05, 4.69) is 31.1 Å². The quantitative estimate of drug-likeness (QED) is 0.720. The van der Waals surface area contributed by atoms with Crippen molar-refractivity contribution >= 4 is 15.9 Å². The summed E-state index contributed by atoms with van der Waals surface area (Å²) in [4.78, 5) is 4.22. The Morgan fingerprint density at radius 2 is 1.53 bits per heavy atom. The summed E-state index contributed by atoms with van der Waals surface area (Å²) < 4.78 is 6.67. The molecule has 0 N–H and O–H groups in total. The van der Waals surface area contributed by atoms with Gasteiger partial charge in [-0.2, -0.15) is 0 Å². The predicted octanol–water partition coefficient (Wildman–Crippen LogP) is 3.87. The minimum atomic E-state index is 0.477. The Kier molecular flexibility index (Phi) is 3.13. The maximum atomic E-state index is 5.66. The van der Waals surface area contributed by atoms with E-state index in [9.17, 15) is 0 Å². The molecule has 0 atom stereocenters. The molecule has 0 radical (unpaired) electrons. The van der Waals surface area contributed by atoms with Crippen molar-refractivity contribution in [3.8, 4) is 22.9 Å². The molecule has 0 amide bonds. The highest BCUT2D eigenvalue weighted by Gasteiger charge is 2.10. The van der Waals surface area contributed by atoms with E-state index in [1.165, 1.54) is 0 Å². The molecule has 19 heavy (non-hydrogen) atoms. The molecule has 0 saturated heterocycles. The van der Waals surface area contributed by atoms with Gasteiger partial charge in [-0.15, -0.1) is 10.2 Å². The van der Waals surface area contributed by atoms with Gasteiger partial charge in [0.15, 0.2) is 0 Å². The van der Waals surface area contributed by atoms with Gasteiger partial charge in [0.25, 0.3) is 0 Å². The Bertz CT molecular complexity index is 629. The van der Waals surface area contributed by atoms with Crippen molar-refractivity contribution in [2.75, 3.05) is 0 Å². The number of aromatic nitrogens is 3. The first kappa shape index (κ1) is 12.0. The average molecular weight is 316 g/mol. The zero-order valence-electron chi connectivity index (χ0n) is 10.2. The second kappa shape index (κ2) is 4.93. The second-order valence-electron chi connectivity index (χ2n) is 4.11. The number of pyridine rings is 1. The van der Waals surface area contributed by atoms with Crippen LogP contribution in [0.25, 0.3) is 22.9 Å². The van der Waals surface area contributed by atoms with E-state index in [0.717, 1.165) is 21.3 Å². The first-order valence-electron chi connectivity index (χ1n) is 5.75. The lowest BCUT2D eigenvalue weighted by Crippen LogP contribution is -1.82. The molecule has 4 nitrogen and oxygen atoms in total. The maximum absolute atomic E-state index is 5.66. The van der Waals surface area contributed by atoms with Crippen LogP contribution in [0, 0.1) is 6.92 Å². The van der Waals surface area contributed by atoms with Crippen LogP contribution in [0.1, 0.15) is 5.69 Å². The molecule has 1 aromatic carbocycles. The first-order chi connectivity index (χ1) is 9.22. The fraction of sp³-hybridized carbons (Fsp3) is 0.0714.